The summed E-state index contributed by atoms with van der Waals surface area (Å²) in [7, 11) is 1.62. The minimum absolute atomic E-state index is 0.154. The number of carbonyl (C=O) groups excluding carboxylic acids is 1. The van der Waals surface area contributed by atoms with E-state index in [0.717, 1.165) is 16.9 Å². The maximum Gasteiger partial charge on any atom is 0.258 e. The standard InChI is InChI=1S/C17H18FNO3/c1-12-8-13(6-7-16(12)21-2)10-19-17(20)11-22-15-5-3-4-14(18)9-15/h3-9H,10-11H2,1-2H3,(H,19,20). The average molecular weight is 303 g/mol. The Kier molecular flexibility index (Phi) is 5.36. The SMILES string of the molecule is COc1ccc(CNC(=O)COc2cccc(F)c2)cc1C. The molecule has 1 amide bonds. The molecule has 0 spiro atoms. The Balaban J connectivity index is 1.81. The Bertz CT molecular complexity index is 658. The third-order valence-electron chi connectivity index (χ3n) is 3.11. The third kappa shape index (κ3) is 4.48. The number of ether oxygens (including phenoxy) is 2. The summed E-state index contributed by atoms with van der Waals surface area (Å²) in [6, 6.07) is 11.4. The molecule has 116 valence electrons. The molecule has 2 rings (SSSR count). The summed E-state index contributed by atoms with van der Waals surface area (Å²) in [5, 5.41) is 2.75. The van der Waals surface area contributed by atoms with Gasteiger partial charge < -0.3 is 14.8 Å². The van der Waals surface area contributed by atoms with E-state index in [1.165, 1.54) is 18.2 Å². The number of rotatable bonds is 6. The molecular weight excluding hydrogens is 285 g/mol. The average Bonchev–Trinajstić information content (AvgIpc) is 2.51. The van der Waals surface area contributed by atoms with Crippen molar-refractivity contribution < 1.29 is 18.7 Å². The zero-order valence-corrected chi connectivity index (χ0v) is 12.6. The van der Waals surface area contributed by atoms with Crippen LogP contribution >= 0.6 is 0 Å². The lowest BCUT2D eigenvalue weighted by atomic mass is 10.1. The molecule has 0 heterocycles. The molecule has 0 atom stereocenters. The first kappa shape index (κ1) is 15.8. The Labute approximate surface area is 128 Å². The van der Waals surface area contributed by atoms with Gasteiger partial charge in [0.15, 0.2) is 6.61 Å². The van der Waals surface area contributed by atoms with Crippen LogP contribution in [0.4, 0.5) is 4.39 Å². The smallest absolute Gasteiger partial charge is 0.258 e. The van der Waals surface area contributed by atoms with E-state index in [2.05, 4.69) is 5.32 Å². The van der Waals surface area contributed by atoms with Crippen molar-refractivity contribution in [1.29, 1.82) is 0 Å². The van der Waals surface area contributed by atoms with E-state index in [1.54, 1.807) is 13.2 Å². The van der Waals surface area contributed by atoms with Gasteiger partial charge in [-0.1, -0.05) is 18.2 Å². The van der Waals surface area contributed by atoms with Crippen molar-refractivity contribution in [2.24, 2.45) is 0 Å². The lowest BCUT2D eigenvalue weighted by Gasteiger charge is -2.09. The summed E-state index contributed by atoms with van der Waals surface area (Å²) in [5.41, 5.74) is 1.97. The lowest BCUT2D eigenvalue weighted by molar-refractivity contribution is -0.123. The van der Waals surface area contributed by atoms with Crippen molar-refractivity contribution in [2.45, 2.75) is 13.5 Å². The number of methoxy groups -OCH3 is 1. The molecule has 0 aliphatic heterocycles. The largest absolute Gasteiger partial charge is 0.496 e. The Morgan fingerprint density at radius 3 is 2.73 bits per heavy atom. The van der Waals surface area contributed by atoms with Crippen molar-refractivity contribution >= 4 is 5.91 Å². The number of halogens is 1. The summed E-state index contributed by atoms with van der Waals surface area (Å²) in [5.74, 6) is 0.476. The quantitative estimate of drug-likeness (QED) is 0.892. The number of amides is 1. The van der Waals surface area contributed by atoms with Gasteiger partial charge in [0, 0.05) is 12.6 Å². The summed E-state index contributed by atoms with van der Waals surface area (Å²) >= 11 is 0. The number of carbonyl (C=O) groups is 1. The van der Waals surface area contributed by atoms with E-state index in [0.29, 0.717) is 12.3 Å². The van der Waals surface area contributed by atoms with Crippen LogP contribution in [0.25, 0.3) is 0 Å². The fraction of sp³-hybridized carbons (Fsp3) is 0.235. The van der Waals surface area contributed by atoms with Gasteiger partial charge >= 0.3 is 0 Å². The number of hydrogen-bond donors (Lipinski definition) is 1. The van der Waals surface area contributed by atoms with Crippen LogP contribution in [0.5, 0.6) is 11.5 Å². The topological polar surface area (TPSA) is 47.6 Å². The summed E-state index contributed by atoms with van der Waals surface area (Å²) in [4.78, 5) is 11.7. The normalized spacial score (nSPS) is 10.1. The lowest BCUT2D eigenvalue weighted by Crippen LogP contribution is -2.28. The molecule has 0 aromatic heterocycles. The van der Waals surface area contributed by atoms with Gasteiger partial charge in [-0.25, -0.2) is 4.39 Å². The fourth-order valence-corrected chi connectivity index (χ4v) is 2.01. The maximum atomic E-state index is 13.0. The predicted molar refractivity (Wildman–Crippen MR) is 81.5 cm³/mol. The third-order valence-corrected chi connectivity index (χ3v) is 3.11. The molecule has 5 heteroatoms. The van der Waals surface area contributed by atoms with Crippen LogP contribution in [0.15, 0.2) is 42.5 Å². The minimum atomic E-state index is -0.397. The molecule has 2 aromatic rings. The highest BCUT2D eigenvalue weighted by Gasteiger charge is 2.05. The molecule has 0 bridgehead atoms. The van der Waals surface area contributed by atoms with Crippen LogP contribution in [0.1, 0.15) is 11.1 Å². The van der Waals surface area contributed by atoms with Crippen LogP contribution < -0.4 is 14.8 Å². The molecule has 0 aliphatic carbocycles. The molecule has 1 N–H and O–H groups in total. The highest BCUT2D eigenvalue weighted by molar-refractivity contribution is 5.77. The molecular formula is C17H18FNO3. The number of hydrogen-bond acceptors (Lipinski definition) is 3. The molecule has 0 unspecified atom stereocenters. The van der Waals surface area contributed by atoms with E-state index < -0.39 is 5.82 Å². The van der Waals surface area contributed by atoms with Gasteiger partial charge in [-0.05, 0) is 36.2 Å². The van der Waals surface area contributed by atoms with E-state index in [4.69, 9.17) is 9.47 Å². The molecule has 0 saturated carbocycles. The van der Waals surface area contributed by atoms with Gasteiger partial charge in [0.2, 0.25) is 0 Å². The highest BCUT2D eigenvalue weighted by atomic mass is 19.1. The van der Waals surface area contributed by atoms with E-state index in [1.807, 2.05) is 25.1 Å². The maximum absolute atomic E-state index is 13.0. The van der Waals surface area contributed by atoms with Gasteiger partial charge in [0.1, 0.15) is 17.3 Å². The molecule has 4 nitrogen and oxygen atoms in total. The molecule has 0 fully saturated rings. The van der Waals surface area contributed by atoms with Crippen molar-refractivity contribution in [3.63, 3.8) is 0 Å². The Morgan fingerprint density at radius 2 is 2.05 bits per heavy atom. The second-order valence-electron chi connectivity index (χ2n) is 4.83. The zero-order chi connectivity index (χ0) is 15.9. The summed E-state index contributed by atoms with van der Waals surface area (Å²) in [6.07, 6.45) is 0. The van der Waals surface area contributed by atoms with Crippen LogP contribution in [0.2, 0.25) is 0 Å². The first-order chi connectivity index (χ1) is 10.6. The highest BCUT2D eigenvalue weighted by Crippen LogP contribution is 2.18. The first-order valence-corrected chi connectivity index (χ1v) is 6.87. The molecule has 0 radical (unpaired) electrons. The molecule has 2 aromatic carbocycles. The summed E-state index contributed by atoms with van der Waals surface area (Å²) < 4.78 is 23.4. The predicted octanol–water partition coefficient (Wildman–Crippen LogP) is 2.84. The van der Waals surface area contributed by atoms with Crippen molar-refractivity contribution in [3.05, 3.63) is 59.4 Å². The zero-order valence-electron chi connectivity index (χ0n) is 12.6. The minimum Gasteiger partial charge on any atom is -0.496 e. The van der Waals surface area contributed by atoms with E-state index >= 15 is 0 Å². The van der Waals surface area contributed by atoms with Gasteiger partial charge in [-0.2, -0.15) is 0 Å². The monoisotopic (exact) mass is 303 g/mol. The number of nitrogens with one attached hydrogen (secondary N) is 1. The van der Waals surface area contributed by atoms with Crippen LogP contribution in [0.3, 0.4) is 0 Å². The molecule has 0 saturated heterocycles. The second-order valence-corrected chi connectivity index (χ2v) is 4.83. The van der Waals surface area contributed by atoms with Crippen molar-refractivity contribution in [3.8, 4) is 11.5 Å². The van der Waals surface area contributed by atoms with Gasteiger partial charge in [0.25, 0.3) is 5.91 Å². The van der Waals surface area contributed by atoms with Crippen LogP contribution in [-0.2, 0) is 11.3 Å². The van der Waals surface area contributed by atoms with E-state index in [9.17, 15) is 9.18 Å². The van der Waals surface area contributed by atoms with E-state index in [-0.39, 0.29) is 12.5 Å². The Morgan fingerprint density at radius 1 is 1.23 bits per heavy atom. The van der Waals surface area contributed by atoms with Crippen LogP contribution in [-0.4, -0.2) is 19.6 Å². The van der Waals surface area contributed by atoms with Gasteiger partial charge in [-0.3, -0.25) is 4.79 Å². The second kappa shape index (κ2) is 7.45. The number of aryl methyl sites for hydroxylation is 1. The molecule has 22 heavy (non-hydrogen) atoms. The summed E-state index contributed by atoms with van der Waals surface area (Å²) in [6.45, 7) is 2.19. The first-order valence-electron chi connectivity index (χ1n) is 6.87. The van der Waals surface area contributed by atoms with Crippen LogP contribution in [0, 0.1) is 12.7 Å². The van der Waals surface area contributed by atoms with Gasteiger partial charge in [0.05, 0.1) is 7.11 Å². The van der Waals surface area contributed by atoms with Crippen molar-refractivity contribution in [2.75, 3.05) is 13.7 Å². The van der Waals surface area contributed by atoms with Gasteiger partial charge in [-0.15, -0.1) is 0 Å². The molecule has 0 aliphatic rings. The van der Waals surface area contributed by atoms with Crippen molar-refractivity contribution in [1.82, 2.24) is 5.32 Å². The Hall–Kier alpha value is -2.56. The fourth-order valence-electron chi connectivity index (χ4n) is 2.01. The number of benzene rings is 2.